The van der Waals surface area contributed by atoms with Gasteiger partial charge in [-0.2, -0.15) is 0 Å². The Morgan fingerprint density at radius 1 is 1.14 bits per heavy atom. The number of hydrogen-bond donors (Lipinski definition) is 0. The van der Waals surface area contributed by atoms with Crippen LogP contribution in [0.2, 0.25) is 0 Å². The van der Waals surface area contributed by atoms with E-state index in [9.17, 15) is 4.79 Å². The number of carbonyl (C=O) groups is 1. The Balaban J connectivity index is 1.29. The van der Waals surface area contributed by atoms with E-state index >= 15 is 0 Å². The van der Waals surface area contributed by atoms with Crippen molar-refractivity contribution < 1.29 is 9.53 Å². The van der Waals surface area contributed by atoms with Crippen LogP contribution in [0.5, 0.6) is 5.88 Å². The third-order valence-electron chi connectivity index (χ3n) is 5.51. The van der Waals surface area contributed by atoms with E-state index in [0.717, 1.165) is 42.6 Å². The Bertz CT molecular complexity index is 811. The number of piperidine rings is 1. The lowest BCUT2D eigenvalue weighted by atomic mass is 10.1. The predicted octanol–water partition coefficient (Wildman–Crippen LogP) is 3.74. The number of aromatic nitrogens is 1. The maximum Gasteiger partial charge on any atom is 0.254 e. The predicted molar refractivity (Wildman–Crippen MR) is 109 cm³/mol. The summed E-state index contributed by atoms with van der Waals surface area (Å²) < 4.78 is 6.09. The quantitative estimate of drug-likeness (QED) is 0.767. The fraction of sp³-hybridized carbons (Fsp3) is 0.478. The molecule has 3 heterocycles. The molecule has 0 aliphatic carbocycles. The number of rotatable bonds is 6. The minimum absolute atomic E-state index is 0.101. The van der Waals surface area contributed by atoms with Crippen LogP contribution in [-0.2, 0) is 13.1 Å². The van der Waals surface area contributed by atoms with Crippen molar-refractivity contribution in [3.63, 3.8) is 0 Å². The minimum atomic E-state index is 0.101. The van der Waals surface area contributed by atoms with E-state index in [1.807, 2.05) is 47.5 Å². The van der Waals surface area contributed by atoms with E-state index in [4.69, 9.17) is 4.74 Å². The van der Waals surface area contributed by atoms with Gasteiger partial charge in [-0.15, -0.1) is 0 Å². The van der Waals surface area contributed by atoms with Crippen molar-refractivity contribution in [1.29, 1.82) is 0 Å². The molecule has 1 aromatic heterocycles. The number of amides is 1. The molecule has 148 valence electrons. The monoisotopic (exact) mass is 379 g/mol. The fourth-order valence-electron chi connectivity index (χ4n) is 4.13. The van der Waals surface area contributed by atoms with E-state index in [2.05, 4.69) is 23.7 Å². The van der Waals surface area contributed by atoms with Crippen LogP contribution in [0.3, 0.4) is 0 Å². The van der Waals surface area contributed by atoms with Crippen molar-refractivity contribution in [3.05, 3.63) is 59.3 Å². The van der Waals surface area contributed by atoms with Crippen LogP contribution >= 0.6 is 0 Å². The Labute approximate surface area is 167 Å². The second kappa shape index (κ2) is 8.31. The molecule has 1 saturated heterocycles. The zero-order valence-electron chi connectivity index (χ0n) is 16.8. The number of nitrogens with zero attached hydrogens (tertiary/aromatic N) is 3. The summed E-state index contributed by atoms with van der Waals surface area (Å²) in [7, 11) is 0. The lowest BCUT2D eigenvalue weighted by molar-refractivity contribution is 0.0766. The summed E-state index contributed by atoms with van der Waals surface area (Å²) in [5, 5.41) is 0. The number of pyridine rings is 1. The molecule has 2 aromatic rings. The Morgan fingerprint density at radius 3 is 2.61 bits per heavy atom. The lowest BCUT2D eigenvalue weighted by Gasteiger charge is -2.32. The molecule has 0 bridgehead atoms. The van der Waals surface area contributed by atoms with E-state index < -0.39 is 0 Å². The van der Waals surface area contributed by atoms with Crippen LogP contribution in [0.15, 0.2) is 42.6 Å². The SMILES string of the molecule is CC(C)CN1CCC(Oc2ccc(CN3Cc4ccccc4C3=O)cn2)CC1. The van der Waals surface area contributed by atoms with Gasteiger partial charge in [-0.05, 0) is 36.0 Å². The number of carbonyl (C=O) groups excluding carboxylic acids is 1. The number of ether oxygens (including phenoxy) is 1. The topological polar surface area (TPSA) is 45.7 Å². The van der Waals surface area contributed by atoms with Gasteiger partial charge in [-0.3, -0.25) is 4.79 Å². The van der Waals surface area contributed by atoms with Crippen molar-refractivity contribution in [2.75, 3.05) is 19.6 Å². The summed E-state index contributed by atoms with van der Waals surface area (Å²) >= 11 is 0. The lowest BCUT2D eigenvalue weighted by Crippen LogP contribution is -2.40. The van der Waals surface area contributed by atoms with Gasteiger partial charge in [0, 0.05) is 50.6 Å². The van der Waals surface area contributed by atoms with E-state index in [-0.39, 0.29) is 12.0 Å². The van der Waals surface area contributed by atoms with Crippen LogP contribution in [0.1, 0.15) is 48.2 Å². The molecule has 0 spiro atoms. The molecule has 2 aliphatic rings. The van der Waals surface area contributed by atoms with E-state index in [0.29, 0.717) is 24.9 Å². The Morgan fingerprint density at radius 2 is 1.93 bits per heavy atom. The van der Waals surface area contributed by atoms with Gasteiger partial charge in [0.1, 0.15) is 6.10 Å². The van der Waals surface area contributed by atoms with E-state index in [1.165, 1.54) is 6.54 Å². The highest BCUT2D eigenvalue weighted by atomic mass is 16.5. The molecular formula is C23H29N3O2. The molecular weight excluding hydrogens is 350 g/mol. The first-order chi connectivity index (χ1) is 13.6. The standard InChI is InChI=1S/C23H29N3O2/c1-17(2)14-25-11-9-20(10-12-25)28-22-8-7-18(13-24-22)15-26-16-19-5-3-4-6-21(19)23(26)27/h3-8,13,17,20H,9-12,14-16H2,1-2H3. The highest BCUT2D eigenvalue weighted by Crippen LogP contribution is 2.24. The van der Waals surface area contributed by atoms with Gasteiger partial charge in [0.2, 0.25) is 5.88 Å². The van der Waals surface area contributed by atoms with Gasteiger partial charge in [0.15, 0.2) is 0 Å². The summed E-state index contributed by atoms with van der Waals surface area (Å²) in [4.78, 5) is 21.4. The summed E-state index contributed by atoms with van der Waals surface area (Å²) in [6.07, 6.45) is 4.18. The zero-order chi connectivity index (χ0) is 19.5. The molecule has 5 heteroatoms. The van der Waals surface area contributed by atoms with Gasteiger partial charge in [0.05, 0.1) is 0 Å². The zero-order valence-corrected chi connectivity index (χ0v) is 16.8. The molecule has 4 rings (SSSR count). The van der Waals surface area contributed by atoms with Crippen LogP contribution in [0, 0.1) is 5.92 Å². The number of benzene rings is 1. The molecule has 0 radical (unpaired) electrons. The number of likely N-dealkylation sites (tertiary alicyclic amines) is 1. The van der Waals surface area contributed by atoms with Crippen molar-refractivity contribution in [2.24, 2.45) is 5.92 Å². The highest BCUT2D eigenvalue weighted by molar-refractivity contribution is 5.98. The normalized spacial score (nSPS) is 18.0. The molecule has 0 N–H and O–H groups in total. The first-order valence-corrected chi connectivity index (χ1v) is 10.3. The highest BCUT2D eigenvalue weighted by Gasteiger charge is 2.26. The minimum Gasteiger partial charge on any atom is -0.474 e. The van der Waals surface area contributed by atoms with Crippen LogP contribution < -0.4 is 4.74 Å². The van der Waals surface area contributed by atoms with Gasteiger partial charge in [-0.25, -0.2) is 4.98 Å². The summed E-state index contributed by atoms with van der Waals surface area (Å²) in [5.41, 5.74) is 2.95. The molecule has 1 aromatic carbocycles. The van der Waals surface area contributed by atoms with Crippen molar-refractivity contribution in [1.82, 2.24) is 14.8 Å². The van der Waals surface area contributed by atoms with Crippen molar-refractivity contribution >= 4 is 5.91 Å². The third kappa shape index (κ3) is 4.36. The molecule has 0 atom stereocenters. The molecule has 5 nitrogen and oxygen atoms in total. The van der Waals surface area contributed by atoms with E-state index in [1.54, 1.807) is 0 Å². The van der Waals surface area contributed by atoms with Gasteiger partial charge in [0.25, 0.3) is 5.91 Å². The molecule has 0 saturated carbocycles. The largest absolute Gasteiger partial charge is 0.474 e. The fourth-order valence-corrected chi connectivity index (χ4v) is 4.13. The Kier molecular flexibility index (Phi) is 5.62. The molecule has 28 heavy (non-hydrogen) atoms. The second-order valence-corrected chi connectivity index (χ2v) is 8.33. The summed E-state index contributed by atoms with van der Waals surface area (Å²) in [5.74, 6) is 1.49. The van der Waals surface area contributed by atoms with Gasteiger partial charge >= 0.3 is 0 Å². The second-order valence-electron chi connectivity index (χ2n) is 8.33. The third-order valence-corrected chi connectivity index (χ3v) is 5.51. The van der Waals surface area contributed by atoms with Gasteiger partial charge in [-0.1, -0.05) is 38.1 Å². The van der Waals surface area contributed by atoms with Crippen LogP contribution in [-0.4, -0.2) is 46.4 Å². The maximum absolute atomic E-state index is 12.5. The molecule has 2 aliphatic heterocycles. The summed E-state index contributed by atoms with van der Waals surface area (Å²) in [6.45, 7) is 9.14. The maximum atomic E-state index is 12.5. The smallest absolute Gasteiger partial charge is 0.254 e. The van der Waals surface area contributed by atoms with Crippen LogP contribution in [0.25, 0.3) is 0 Å². The number of hydrogen-bond acceptors (Lipinski definition) is 4. The van der Waals surface area contributed by atoms with Crippen LogP contribution in [0.4, 0.5) is 0 Å². The number of fused-ring (bicyclic) bond motifs is 1. The van der Waals surface area contributed by atoms with Crippen molar-refractivity contribution in [3.8, 4) is 5.88 Å². The van der Waals surface area contributed by atoms with Crippen molar-refractivity contribution in [2.45, 2.75) is 45.9 Å². The first-order valence-electron chi connectivity index (χ1n) is 10.3. The average Bonchev–Trinajstić information content (AvgIpc) is 3.00. The molecule has 1 amide bonds. The first kappa shape index (κ1) is 18.9. The Hall–Kier alpha value is -2.40. The average molecular weight is 380 g/mol. The molecule has 0 unspecified atom stereocenters. The molecule has 1 fully saturated rings. The van der Waals surface area contributed by atoms with Gasteiger partial charge < -0.3 is 14.5 Å². The summed E-state index contributed by atoms with van der Waals surface area (Å²) in [6, 6.07) is 11.8.